The second-order valence-electron chi connectivity index (χ2n) is 10.1. The van der Waals surface area contributed by atoms with Crippen LogP contribution in [0.4, 0.5) is 17.1 Å². The Morgan fingerprint density at radius 3 is 2.19 bits per heavy atom. The van der Waals surface area contributed by atoms with Crippen LogP contribution in [0, 0.1) is 0 Å². The monoisotopic (exact) mass is 741 g/mol. The summed E-state index contributed by atoms with van der Waals surface area (Å²) in [6.07, 6.45) is 3.83. The first-order valence-electron chi connectivity index (χ1n) is 14.0. The molecule has 0 unspecified atom stereocenters. The van der Waals surface area contributed by atoms with E-state index < -0.39 is 60.2 Å². The van der Waals surface area contributed by atoms with Crippen molar-refractivity contribution in [3.05, 3.63) is 145 Å². The molecule has 0 bridgehead atoms. The molecule has 0 spiro atoms. The maximum Gasteiger partial charge on any atom is 1.00 e. The van der Waals surface area contributed by atoms with E-state index in [-0.39, 0.29) is 92.8 Å². The Labute approximate surface area is 337 Å². The summed E-state index contributed by atoms with van der Waals surface area (Å²) < 4.78 is 33.8. The molecule has 4 aromatic carbocycles. The van der Waals surface area contributed by atoms with Crippen molar-refractivity contribution in [3.63, 3.8) is 0 Å². The van der Waals surface area contributed by atoms with Gasteiger partial charge in [-0.25, -0.2) is 13.2 Å². The molecule has 0 heterocycles. The molecule has 17 nitrogen and oxygen atoms in total. The number of benzene rings is 4. The molecular weight excluding hydrogens is 720 g/mol. The maximum absolute atomic E-state index is 13.0. The molecule has 0 radical (unpaired) electrons. The number of amides is 1. The fourth-order valence-electron chi connectivity index (χ4n) is 4.18. The molecule has 0 atom stereocenters. The van der Waals surface area contributed by atoms with Crippen LogP contribution in [0.5, 0.6) is 5.75 Å². The normalized spacial score (nSPS) is 13.8. The molecule has 1 amide bonds. The first-order chi connectivity index (χ1) is 23.8. The molecule has 52 heavy (non-hydrogen) atoms. The summed E-state index contributed by atoms with van der Waals surface area (Å²) >= 11 is 0. The van der Waals surface area contributed by atoms with Gasteiger partial charge in [-0.2, -0.15) is 5.10 Å². The van der Waals surface area contributed by atoms with Crippen molar-refractivity contribution in [2.45, 2.75) is 4.90 Å². The van der Waals surface area contributed by atoms with Crippen LogP contribution >= 0.6 is 0 Å². The molecule has 0 saturated heterocycles. The number of nitrogens with zero attached hydrogens (tertiary/aromatic N) is 3. The van der Waals surface area contributed by atoms with Crippen molar-refractivity contribution in [2.75, 3.05) is 16.2 Å². The number of anilines is 3. The molecule has 1 aliphatic rings. The Balaban J connectivity index is 0.00000364. The van der Waals surface area contributed by atoms with Crippen molar-refractivity contribution < 1.29 is 96.7 Å². The predicted octanol–water partition coefficient (Wildman–Crippen LogP) is -5.96. The fraction of sp³-hybridized carbons (Fsp3) is 0. The standard InChI is InChI=1S/C32H23N7O10S.2Na/c40-26-11-8-19(15-23(26)32(45)46)33-31(44)17-4-6-18(7-5-17)34-39-29-28(42)13-10-24(30(29)43)37-38-25-16-21(9-12-27(25)41)36-35-20-2-1-3-22(14-20)50(47,48)49;;/h1-16,34-36,40H,(H,33,44)(H,45,46)(H,47,48,49);;/q;2*+1/p-2. The average Bonchev–Trinajstić information content (AvgIpc) is 3.08. The van der Waals surface area contributed by atoms with Crippen molar-refractivity contribution in [1.82, 2.24) is 5.43 Å². The van der Waals surface area contributed by atoms with E-state index in [9.17, 15) is 42.0 Å². The molecule has 5 N–H and O–H groups in total. The Morgan fingerprint density at radius 2 is 1.50 bits per heavy atom. The molecule has 4 aromatic rings. The number of carboxylic acids is 1. The Hall–Kier alpha value is -5.05. The van der Waals surface area contributed by atoms with E-state index >= 15 is 0 Å². The first-order valence-corrected chi connectivity index (χ1v) is 15.4. The number of hydrogen-bond acceptors (Lipinski definition) is 15. The largest absolute Gasteiger partial charge is 1.00 e. The first kappa shape index (κ1) is 41.4. The number of rotatable bonds is 10. The Morgan fingerprint density at radius 1 is 0.788 bits per heavy atom. The van der Waals surface area contributed by atoms with E-state index in [1.807, 2.05) is 0 Å². The van der Waals surface area contributed by atoms with Crippen LogP contribution in [0.2, 0.25) is 0 Å². The zero-order chi connectivity index (χ0) is 36.0. The molecule has 0 aromatic heterocycles. The molecule has 252 valence electrons. The summed E-state index contributed by atoms with van der Waals surface area (Å²) in [6.45, 7) is 0. The Kier molecular flexibility index (Phi) is 14.3. The van der Waals surface area contributed by atoms with E-state index in [1.165, 1.54) is 54.6 Å². The second kappa shape index (κ2) is 17.9. The van der Waals surface area contributed by atoms with Gasteiger partial charge in [-0.15, -0.1) is 10.2 Å². The summed E-state index contributed by atoms with van der Waals surface area (Å²) in [7, 11) is -4.67. The van der Waals surface area contributed by atoms with Crippen LogP contribution in [0.3, 0.4) is 0 Å². The minimum atomic E-state index is -4.67. The van der Waals surface area contributed by atoms with Crippen molar-refractivity contribution >= 4 is 50.6 Å². The molecule has 0 fully saturated rings. The zero-order valence-electron chi connectivity index (χ0n) is 27.1. The molecule has 0 saturated carbocycles. The molecule has 0 aliphatic heterocycles. The molecule has 20 heteroatoms. The van der Waals surface area contributed by atoms with Gasteiger partial charge in [0, 0.05) is 11.3 Å². The quantitative estimate of drug-likeness (QED) is 0.0439. The molecular formula is C32H21N7Na2O10S. The topological polar surface area (TPSA) is 271 Å². The third-order valence-electron chi connectivity index (χ3n) is 6.68. The van der Waals surface area contributed by atoms with Gasteiger partial charge >= 0.3 is 65.1 Å². The van der Waals surface area contributed by atoms with Crippen LogP contribution in [0.15, 0.2) is 133 Å². The Bertz CT molecular complexity index is 2500. The average molecular weight is 742 g/mol. The van der Waals surface area contributed by atoms with Crippen molar-refractivity contribution in [2.24, 2.45) is 15.3 Å². The third kappa shape index (κ3) is 10.5. The van der Waals surface area contributed by atoms with E-state index in [0.717, 1.165) is 42.5 Å². The third-order valence-corrected chi connectivity index (χ3v) is 7.52. The van der Waals surface area contributed by atoms with E-state index in [4.69, 9.17) is 5.11 Å². The molecule has 1 aliphatic carbocycles. The van der Waals surface area contributed by atoms with Crippen LogP contribution in [-0.4, -0.2) is 41.4 Å². The van der Waals surface area contributed by atoms with Gasteiger partial charge in [-0.3, -0.25) is 24.6 Å². The number of aromatic carboxylic acids is 1. The summed E-state index contributed by atoms with van der Waals surface area (Å²) in [6, 6.07) is 16.2. The summed E-state index contributed by atoms with van der Waals surface area (Å²) in [4.78, 5) is 61.1. The maximum atomic E-state index is 13.0. The van der Waals surface area contributed by atoms with Gasteiger partial charge in [0.1, 0.15) is 21.2 Å². The van der Waals surface area contributed by atoms with Gasteiger partial charge in [-0.05, 0) is 85.0 Å². The smallest absolute Gasteiger partial charge is 0.872 e. The second-order valence-corrected chi connectivity index (χ2v) is 11.5. The van der Waals surface area contributed by atoms with E-state index in [1.54, 1.807) is 0 Å². The minimum absolute atomic E-state index is 0. The fourth-order valence-corrected chi connectivity index (χ4v) is 4.69. The number of carbonyl (C=O) groups excluding carboxylic acids is 2. The van der Waals surface area contributed by atoms with Crippen LogP contribution in [-0.2, 0) is 14.9 Å². The SMILES string of the molecule is O=C1C=CC(NNc2cccc(S(=O)(=O)[O-])c2)=CC1=NN=c1ccc(=O)c(=NNc2ccc(C(=O)Nc3ccc([O-])c(C(=O)O)c3)cc2)c1=O.[Na+].[Na+]. The summed E-state index contributed by atoms with van der Waals surface area (Å²) in [5.41, 5.74) is 6.70. The number of ketones is 1. The van der Waals surface area contributed by atoms with Gasteiger partial charge in [0.2, 0.25) is 16.6 Å². The van der Waals surface area contributed by atoms with Gasteiger partial charge in [-0.1, -0.05) is 17.9 Å². The van der Waals surface area contributed by atoms with Gasteiger partial charge < -0.3 is 30.9 Å². The van der Waals surface area contributed by atoms with E-state index in [2.05, 4.69) is 36.9 Å². The summed E-state index contributed by atoms with van der Waals surface area (Å²) in [5.74, 6) is -3.30. The number of carboxylic acid groups (broad SMARTS) is 1. The van der Waals surface area contributed by atoms with Gasteiger partial charge in [0.05, 0.1) is 27.5 Å². The van der Waals surface area contributed by atoms with Gasteiger partial charge in [0.25, 0.3) is 5.91 Å². The van der Waals surface area contributed by atoms with Crippen molar-refractivity contribution in [3.8, 4) is 5.75 Å². The number of hydrogen-bond donors (Lipinski definition) is 5. The van der Waals surface area contributed by atoms with Crippen LogP contribution < -0.4 is 107 Å². The predicted molar refractivity (Wildman–Crippen MR) is 174 cm³/mol. The van der Waals surface area contributed by atoms with Crippen LogP contribution in [0.1, 0.15) is 20.7 Å². The minimum Gasteiger partial charge on any atom is -0.872 e. The van der Waals surface area contributed by atoms with Crippen LogP contribution in [0.25, 0.3) is 0 Å². The van der Waals surface area contributed by atoms with Gasteiger partial charge in [0.15, 0.2) is 5.36 Å². The summed E-state index contributed by atoms with van der Waals surface area (Å²) in [5, 5.41) is 33.9. The molecule has 5 rings (SSSR count). The number of allylic oxidation sites excluding steroid dienone is 3. The number of nitrogens with one attached hydrogen (secondary N) is 4. The zero-order valence-corrected chi connectivity index (χ0v) is 31.9. The van der Waals surface area contributed by atoms with E-state index in [0.29, 0.717) is 5.70 Å². The van der Waals surface area contributed by atoms with Crippen molar-refractivity contribution in [1.29, 1.82) is 0 Å². The number of carbonyl (C=O) groups is 3. The number of hydrazine groups is 1.